The van der Waals surface area contributed by atoms with Gasteiger partial charge in [0.1, 0.15) is 17.4 Å². The molecular formula is C21H19NO6. The van der Waals surface area contributed by atoms with Crippen molar-refractivity contribution < 1.29 is 23.8 Å². The van der Waals surface area contributed by atoms with Crippen LogP contribution in [0.4, 0.5) is 0 Å². The lowest BCUT2D eigenvalue weighted by atomic mass is 10.0. The number of fused-ring (bicyclic) bond motifs is 1. The number of aliphatic carboxylic acids is 1. The zero-order valence-corrected chi connectivity index (χ0v) is 15.3. The second-order valence-corrected chi connectivity index (χ2v) is 6.33. The highest BCUT2D eigenvalue weighted by atomic mass is 16.5. The van der Waals surface area contributed by atoms with Gasteiger partial charge in [0.15, 0.2) is 6.10 Å². The summed E-state index contributed by atoms with van der Waals surface area (Å²) in [6.45, 7) is 2.87. The van der Waals surface area contributed by atoms with Gasteiger partial charge in [-0.15, -0.1) is 0 Å². The molecule has 7 nitrogen and oxygen atoms in total. The summed E-state index contributed by atoms with van der Waals surface area (Å²) in [6, 6.07) is 14.8. The number of nitrogens with one attached hydrogen (secondary N) is 1. The van der Waals surface area contributed by atoms with E-state index in [-0.39, 0.29) is 0 Å². The largest absolute Gasteiger partial charge is 0.481 e. The third-order valence-electron chi connectivity index (χ3n) is 4.21. The van der Waals surface area contributed by atoms with E-state index in [0.717, 1.165) is 16.5 Å². The molecule has 0 bridgehead atoms. The number of carbonyl (C=O) groups is 2. The average Bonchev–Trinajstić information content (AvgIpc) is 2.67. The molecular weight excluding hydrogens is 362 g/mol. The van der Waals surface area contributed by atoms with Gasteiger partial charge < -0.3 is 19.6 Å². The van der Waals surface area contributed by atoms with Crippen molar-refractivity contribution in [2.24, 2.45) is 0 Å². The van der Waals surface area contributed by atoms with Gasteiger partial charge in [0.2, 0.25) is 0 Å². The fourth-order valence-corrected chi connectivity index (χ4v) is 2.72. The lowest BCUT2D eigenvalue weighted by molar-refractivity contribution is -0.142. The van der Waals surface area contributed by atoms with Gasteiger partial charge in [-0.2, -0.15) is 0 Å². The molecule has 3 rings (SSSR count). The minimum atomic E-state index is -1.14. The van der Waals surface area contributed by atoms with Crippen molar-refractivity contribution in [3.05, 3.63) is 65.0 Å². The number of rotatable bonds is 6. The molecule has 28 heavy (non-hydrogen) atoms. The molecule has 7 heteroatoms. The first-order valence-corrected chi connectivity index (χ1v) is 8.68. The van der Waals surface area contributed by atoms with E-state index in [1.807, 2.05) is 30.3 Å². The number of carboxylic acids is 1. The zero-order chi connectivity index (χ0) is 20.3. The van der Waals surface area contributed by atoms with Crippen LogP contribution < -0.4 is 15.7 Å². The van der Waals surface area contributed by atoms with Crippen LogP contribution in [0.3, 0.4) is 0 Å². The number of amides is 1. The van der Waals surface area contributed by atoms with Crippen molar-refractivity contribution in [1.82, 2.24) is 5.32 Å². The number of hydrogen-bond donors (Lipinski definition) is 2. The Morgan fingerprint density at radius 3 is 2.46 bits per heavy atom. The Morgan fingerprint density at radius 2 is 1.79 bits per heavy atom. The van der Waals surface area contributed by atoms with Crippen LogP contribution in [0, 0.1) is 0 Å². The molecule has 3 aromatic rings. The smallest absolute Gasteiger partial charge is 0.336 e. The minimum absolute atomic E-state index is 0.325. The number of benzene rings is 2. The average molecular weight is 381 g/mol. The fraction of sp³-hybridized carbons (Fsp3) is 0.190. The maximum Gasteiger partial charge on any atom is 0.336 e. The summed E-state index contributed by atoms with van der Waals surface area (Å²) in [4.78, 5) is 34.9. The maximum absolute atomic E-state index is 12.0. The molecule has 1 aromatic heterocycles. The molecule has 0 aliphatic rings. The van der Waals surface area contributed by atoms with Crippen LogP contribution in [0.5, 0.6) is 5.75 Å². The monoisotopic (exact) mass is 381 g/mol. The molecule has 0 aliphatic heterocycles. The maximum atomic E-state index is 12.0. The van der Waals surface area contributed by atoms with Gasteiger partial charge in [-0.25, -0.2) is 4.79 Å². The topological polar surface area (TPSA) is 106 Å². The number of hydrogen-bond acceptors (Lipinski definition) is 5. The molecule has 0 aliphatic carbocycles. The van der Waals surface area contributed by atoms with Crippen LogP contribution in [-0.4, -0.2) is 29.1 Å². The highest BCUT2D eigenvalue weighted by Crippen LogP contribution is 2.29. The first kappa shape index (κ1) is 19.2. The van der Waals surface area contributed by atoms with E-state index in [2.05, 4.69) is 5.32 Å². The molecule has 0 saturated heterocycles. The molecule has 2 atom stereocenters. The van der Waals surface area contributed by atoms with Gasteiger partial charge >= 0.3 is 11.6 Å². The van der Waals surface area contributed by atoms with E-state index < -0.39 is 29.6 Å². The molecule has 0 saturated carbocycles. The van der Waals surface area contributed by atoms with E-state index in [9.17, 15) is 14.4 Å². The van der Waals surface area contributed by atoms with Crippen molar-refractivity contribution in [2.45, 2.75) is 26.0 Å². The van der Waals surface area contributed by atoms with Crippen molar-refractivity contribution in [1.29, 1.82) is 0 Å². The second-order valence-electron chi connectivity index (χ2n) is 6.33. The van der Waals surface area contributed by atoms with Crippen molar-refractivity contribution >= 4 is 22.8 Å². The molecule has 0 radical (unpaired) electrons. The quantitative estimate of drug-likeness (QED) is 0.636. The predicted molar refractivity (Wildman–Crippen MR) is 103 cm³/mol. The molecule has 2 aromatic carbocycles. The van der Waals surface area contributed by atoms with Crippen molar-refractivity contribution in [2.75, 3.05) is 0 Å². The Morgan fingerprint density at radius 1 is 1.07 bits per heavy atom. The molecule has 2 N–H and O–H groups in total. The third kappa shape index (κ3) is 4.20. The minimum Gasteiger partial charge on any atom is -0.481 e. The highest BCUT2D eigenvalue weighted by Gasteiger charge is 2.20. The lowest BCUT2D eigenvalue weighted by Gasteiger charge is -2.17. The van der Waals surface area contributed by atoms with Gasteiger partial charge in [0, 0.05) is 17.5 Å². The summed E-state index contributed by atoms with van der Waals surface area (Å²) in [5, 5.41) is 11.9. The van der Waals surface area contributed by atoms with Gasteiger partial charge in [-0.1, -0.05) is 30.3 Å². The number of ether oxygens (including phenoxy) is 1. The molecule has 144 valence electrons. The Bertz CT molecular complexity index is 1070. The zero-order valence-electron chi connectivity index (χ0n) is 15.3. The first-order chi connectivity index (χ1) is 13.3. The van der Waals surface area contributed by atoms with Gasteiger partial charge in [-0.05, 0) is 37.1 Å². The van der Waals surface area contributed by atoms with Crippen LogP contribution in [-0.2, 0) is 9.59 Å². The fourth-order valence-electron chi connectivity index (χ4n) is 2.72. The van der Waals surface area contributed by atoms with Crippen LogP contribution in [0.25, 0.3) is 22.1 Å². The Labute approximate surface area is 160 Å². The van der Waals surface area contributed by atoms with E-state index in [1.165, 1.54) is 26.0 Å². The predicted octanol–water partition coefficient (Wildman–Crippen LogP) is 2.82. The summed E-state index contributed by atoms with van der Waals surface area (Å²) in [5.41, 5.74) is 1.45. The Balaban J connectivity index is 1.88. The Hall–Kier alpha value is -3.61. The van der Waals surface area contributed by atoms with Crippen molar-refractivity contribution in [3.8, 4) is 16.9 Å². The highest BCUT2D eigenvalue weighted by molar-refractivity contribution is 5.93. The molecule has 0 fully saturated rings. The summed E-state index contributed by atoms with van der Waals surface area (Å²) in [7, 11) is 0. The molecule has 0 spiro atoms. The third-order valence-corrected chi connectivity index (χ3v) is 4.21. The standard InChI is InChI=1S/C21H19NO6/c1-12(21(25)26)22-20(24)13(2)27-15-8-9-16-17(14-6-4-3-5-7-14)11-19(23)28-18(16)10-15/h3-13H,1-2H3,(H,22,24)(H,25,26)/t12-,13?/m1/s1. The Kier molecular flexibility index (Phi) is 5.44. The lowest BCUT2D eigenvalue weighted by Crippen LogP contribution is -2.44. The van der Waals surface area contributed by atoms with Gasteiger partial charge in [0.25, 0.3) is 5.91 Å². The van der Waals surface area contributed by atoms with Crippen LogP contribution in [0.2, 0.25) is 0 Å². The molecule has 1 unspecified atom stereocenters. The summed E-state index contributed by atoms with van der Waals surface area (Å²) >= 11 is 0. The summed E-state index contributed by atoms with van der Waals surface area (Å²) < 4.78 is 10.9. The molecule has 1 amide bonds. The van der Waals surface area contributed by atoms with E-state index in [0.29, 0.717) is 11.3 Å². The SMILES string of the molecule is CC(Oc1ccc2c(-c3ccccc3)cc(=O)oc2c1)C(=O)N[C@H](C)C(=O)O. The summed E-state index contributed by atoms with van der Waals surface area (Å²) in [6.07, 6.45) is -0.928. The first-order valence-electron chi connectivity index (χ1n) is 8.68. The van der Waals surface area contributed by atoms with Crippen LogP contribution in [0.1, 0.15) is 13.8 Å². The number of carbonyl (C=O) groups excluding carboxylic acids is 1. The van der Waals surface area contributed by atoms with Gasteiger partial charge in [0.05, 0.1) is 0 Å². The van der Waals surface area contributed by atoms with E-state index in [1.54, 1.807) is 12.1 Å². The molecule has 1 heterocycles. The van der Waals surface area contributed by atoms with E-state index in [4.69, 9.17) is 14.3 Å². The second kappa shape index (κ2) is 7.96. The van der Waals surface area contributed by atoms with Gasteiger partial charge in [-0.3, -0.25) is 9.59 Å². The number of carboxylic acid groups (broad SMARTS) is 1. The summed E-state index contributed by atoms with van der Waals surface area (Å²) in [5.74, 6) is -1.37. The van der Waals surface area contributed by atoms with Crippen molar-refractivity contribution in [3.63, 3.8) is 0 Å². The normalized spacial score (nSPS) is 12.9. The van der Waals surface area contributed by atoms with E-state index >= 15 is 0 Å². The van der Waals surface area contributed by atoms with Crippen LogP contribution in [0.15, 0.2) is 63.8 Å². The van der Waals surface area contributed by atoms with Crippen LogP contribution >= 0.6 is 0 Å².